The lowest BCUT2D eigenvalue weighted by molar-refractivity contribution is 0.174. The van der Waals surface area contributed by atoms with Crippen molar-refractivity contribution in [3.05, 3.63) is 64.4 Å². The molecule has 2 aromatic carbocycles. The second-order valence-electron chi connectivity index (χ2n) is 4.65. The molecule has 0 aliphatic rings. The normalized spacial score (nSPS) is 12.2. The smallest absolute Gasteiger partial charge is 0.127 e. The number of hydrogen-bond acceptors (Lipinski definition) is 2. The first-order valence-electron chi connectivity index (χ1n) is 6.33. The van der Waals surface area contributed by atoms with Gasteiger partial charge in [0.15, 0.2) is 0 Å². The van der Waals surface area contributed by atoms with Gasteiger partial charge in [-0.25, -0.2) is 4.39 Å². The zero-order valence-corrected chi connectivity index (χ0v) is 11.9. The van der Waals surface area contributed by atoms with Crippen LogP contribution in [0, 0.1) is 5.82 Å². The van der Waals surface area contributed by atoms with Crippen LogP contribution >= 0.6 is 11.6 Å². The number of aliphatic hydroxyl groups is 1. The number of benzene rings is 2. The molecule has 2 rings (SSSR count). The van der Waals surface area contributed by atoms with Crippen LogP contribution < -0.4 is 4.74 Å². The number of ether oxygens (including phenoxy) is 1. The molecule has 0 amide bonds. The van der Waals surface area contributed by atoms with E-state index in [1.807, 2.05) is 24.3 Å². The van der Waals surface area contributed by atoms with Crippen LogP contribution in [0.25, 0.3) is 0 Å². The molecule has 0 heterocycles. The van der Waals surface area contributed by atoms with Gasteiger partial charge in [-0.15, -0.1) is 0 Å². The van der Waals surface area contributed by atoms with E-state index in [-0.39, 0.29) is 12.2 Å². The summed E-state index contributed by atoms with van der Waals surface area (Å²) in [5.74, 6) is 0.356. The second-order valence-corrected chi connectivity index (χ2v) is 5.09. The van der Waals surface area contributed by atoms with Crippen LogP contribution in [0.1, 0.15) is 11.1 Å². The monoisotopic (exact) mass is 294 g/mol. The third-order valence-corrected chi connectivity index (χ3v) is 3.31. The summed E-state index contributed by atoms with van der Waals surface area (Å²) in [6.07, 6.45) is 0.0391. The number of methoxy groups -OCH3 is 1. The third kappa shape index (κ3) is 3.95. The van der Waals surface area contributed by atoms with Crippen molar-refractivity contribution in [1.82, 2.24) is 0 Å². The Balaban J connectivity index is 2.02. The van der Waals surface area contributed by atoms with Crippen molar-refractivity contribution in [2.75, 3.05) is 7.11 Å². The Kier molecular flexibility index (Phi) is 4.99. The minimum Gasteiger partial charge on any atom is -0.497 e. The van der Waals surface area contributed by atoms with Gasteiger partial charge in [-0.05, 0) is 41.8 Å². The maximum Gasteiger partial charge on any atom is 0.127 e. The lowest BCUT2D eigenvalue weighted by Crippen LogP contribution is -2.14. The van der Waals surface area contributed by atoms with E-state index < -0.39 is 6.10 Å². The zero-order chi connectivity index (χ0) is 14.5. The molecule has 0 radical (unpaired) electrons. The van der Waals surface area contributed by atoms with E-state index in [0.29, 0.717) is 17.0 Å². The van der Waals surface area contributed by atoms with Crippen molar-refractivity contribution >= 4 is 11.6 Å². The van der Waals surface area contributed by atoms with Gasteiger partial charge in [-0.3, -0.25) is 0 Å². The van der Waals surface area contributed by atoms with Gasteiger partial charge in [0.2, 0.25) is 0 Å². The van der Waals surface area contributed by atoms with E-state index in [1.165, 1.54) is 6.07 Å². The molecule has 20 heavy (non-hydrogen) atoms. The molecule has 2 nitrogen and oxygen atoms in total. The highest BCUT2D eigenvalue weighted by molar-refractivity contribution is 6.30. The standard InChI is InChI=1S/C16H16ClFO2/c1-20-15-4-2-3-11(8-15)7-14(19)9-12-5-6-13(17)10-16(12)18/h2-6,8,10,14,19H,7,9H2,1H3. The molecule has 0 aliphatic carbocycles. The van der Waals surface area contributed by atoms with Crippen molar-refractivity contribution < 1.29 is 14.2 Å². The Morgan fingerprint density at radius 2 is 2.00 bits per heavy atom. The average Bonchev–Trinajstić information content (AvgIpc) is 2.42. The zero-order valence-electron chi connectivity index (χ0n) is 11.1. The minimum absolute atomic E-state index is 0.250. The van der Waals surface area contributed by atoms with Crippen molar-refractivity contribution in [2.45, 2.75) is 18.9 Å². The molecule has 0 saturated carbocycles. The Hall–Kier alpha value is -1.58. The lowest BCUT2D eigenvalue weighted by Gasteiger charge is -2.12. The van der Waals surface area contributed by atoms with Gasteiger partial charge in [0.25, 0.3) is 0 Å². The van der Waals surface area contributed by atoms with Crippen molar-refractivity contribution in [1.29, 1.82) is 0 Å². The molecule has 2 aromatic rings. The van der Waals surface area contributed by atoms with E-state index in [4.69, 9.17) is 16.3 Å². The molecule has 0 spiro atoms. The van der Waals surface area contributed by atoms with E-state index in [0.717, 1.165) is 11.3 Å². The highest BCUT2D eigenvalue weighted by Gasteiger charge is 2.11. The molecule has 0 aromatic heterocycles. The molecule has 1 atom stereocenters. The maximum absolute atomic E-state index is 13.7. The van der Waals surface area contributed by atoms with E-state index in [1.54, 1.807) is 19.2 Å². The molecule has 0 saturated heterocycles. The Bertz CT molecular complexity index is 586. The highest BCUT2D eigenvalue weighted by Crippen LogP contribution is 2.18. The summed E-state index contributed by atoms with van der Waals surface area (Å²) < 4.78 is 18.8. The fourth-order valence-corrected chi connectivity index (χ4v) is 2.24. The van der Waals surface area contributed by atoms with Crippen LogP contribution in [0.5, 0.6) is 5.75 Å². The summed E-state index contributed by atoms with van der Waals surface area (Å²) in [7, 11) is 1.60. The van der Waals surface area contributed by atoms with E-state index >= 15 is 0 Å². The van der Waals surface area contributed by atoms with Crippen LogP contribution in [-0.2, 0) is 12.8 Å². The molecule has 1 N–H and O–H groups in total. The first-order valence-corrected chi connectivity index (χ1v) is 6.71. The fourth-order valence-electron chi connectivity index (χ4n) is 2.08. The predicted molar refractivity (Wildman–Crippen MR) is 77.8 cm³/mol. The van der Waals surface area contributed by atoms with Crippen LogP contribution in [-0.4, -0.2) is 18.3 Å². The lowest BCUT2D eigenvalue weighted by atomic mass is 10.0. The summed E-state index contributed by atoms with van der Waals surface area (Å²) in [4.78, 5) is 0. The topological polar surface area (TPSA) is 29.5 Å². The summed E-state index contributed by atoms with van der Waals surface area (Å²) in [6, 6.07) is 12.0. The van der Waals surface area contributed by atoms with Crippen LogP contribution in [0.4, 0.5) is 4.39 Å². The molecule has 0 aliphatic heterocycles. The predicted octanol–water partition coefficient (Wildman–Crippen LogP) is 3.63. The first-order chi connectivity index (χ1) is 9.58. The van der Waals surface area contributed by atoms with Gasteiger partial charge in [0.05, 0.1) is 13.2 Å². The van der Waals surface area contributed by atoms with E-state index in [9.17, 15) is 9.50 Å². The molecule has 1 unspecified atom stereocenters. The molecule has 4 heteroatoms. The van der Waals surface area contributed by atoms with Crippen LogP contribution in [0.2, 0.25) is 5.02 Å². The van der Waals surface area contributed by atoms with Crippen LogP contribution in [0.3, 0.4) is 0 Å². The van der Waals surface area contributed by atoms with Gasteiger partial charge >= 0.3 is 0 Å². The summed E-state index contributed by atoms with van der Waals surface area (Å²) in [5.41, 5.74) is 1.41. The van der Waals surface area contributed by atoms with Crippen LogP contribution in [0.15, 0.2) is 42.5 Å². The van der Waals surface area contributed by atoms with Gasteiger partial charge in [0, 0.05) is 11.4 Å². The van der Waals surface area contributed by atoms with Crippen molar-refractivity contribution in [2.24, 2.45) is 0 Å². The maximum atomic E-state index is 13.7. The molecular weight excluding hydrogens is 279 g/mol. The summed E-state index contributed by atoms with van der Waals surface area (Å²) >= 11 is 5.70. The SMILES string of the molecule is COc1cccc(CC(O)Cc2ccc(Cl)cc2F)c1. The van der Waals surface area contributed by atoms with E-state index in [2.05, 4.69) is 0 Å². The van der Waals surface area contributed by atoms with Crippen molar-refractivity contribution in [3.63, 3.8) is 0 Å². The fraction of sp³-hybridized carbons (Fsp3) is 0.250. The van der Waals surface area contributed by atoms with Gasteiger partial charge in [0.1, 0.15) is 11.6 Å². The molecule has 106 valence electrons. The first kappa shape index (κ1) is 14.8. The highest BCUT2D eigenvalue weighted by atomic mass is 35.5. The average molecular weight is 295 g/mol. The largest absolute Gasteiger partial charge is 0.497 e. The number of aliphatic hydroxyl groups excluding tert-OH is 1. The number of hydrogen-bond donors (Lipinski definition) is 1. The van der Waals surface area contributed by atoms with Gasteiger partial charge in [-0.2, -0.15) is 0 Å². The molecule has 0 bridgehead atoms. The Morgan fingerprint density at radius 1 is 1.20 bits per heavy atom. The Morgan fingerprint density at radius 3 is 2.70 bits per heavy atom. The summed E-state index contributed by atoms with van der Waals surface area (Å²) in [5, 5.41) is 10.4. The quantitative estimate of drug-likeness (QED) is 0.912. The Labute approximate surface area is 122 Å². The molecule has 0 fully saturated rings. The summed E-state index contributed by atoms with van der Waals surface area (Å²) in [6.45, 7) is 0. The van der Waals surface area contributed by atoms with Gasteiger partial charge in [-0.1, -0.05) is 29.8 Å². The molecular formula is C16H16ClFO2. The minimum atomic E-state index is -0.655. The third-order valence-electron chi connectivity index (χ3n) is 3.08. The van der Waals surface area contributed by atoms with Gasteiger partial charge < -0.3 is 9.84 Å². The number of rotatable bonds is 5. The van der Waals surface area contributed by atoms with Crippen molar-refractivity contribution in [3.8, 4) is 5.75 Å². The number of halogens is 2. The second kappa shape index (κ2) is 6.73.